The number of nitro benzene ring substituents is 1. The van der Waals surface area contributed by atoms with Crippen LogP contribution >= 0.6 is 0 Å². The van der Waals surface area contributed by atoms with E-state index in [9.17, 15) is 10.1 Å². The summed E-state index contributed by atoms with van der Waals surface area (Å²) in [5.74, 6) is 0. The fourth-order valence-electron chi connectivity index (χ4n) is 1.85. The Kier molecular flexibility index (Phi) is 3.79. The number of aryl methyl sites for hydroxylation is 2. The van der Waals surface area contributed by atoms with Crippen LogP contribution in [0.5, 0.6) is 0 Å². The third-order valence-corrected chi connectivity index (χ3v) is 2.88. The Bertz CT molecular complexity index is 592. The Labute approximate surface area is 111 Å². The fourth-order valence-corrected chi connectivity index (χ4v) is 1.85. The number of nitro groups is 1. The molecule has 0 saturated carbocycles. The molecule has 100 valence electrons. The van der Waals surface area contributed by atoms with E-state index in [-0.39, 0.29) is 10.6 Å². The van der Waals surface area contributed by atoms with E-state index in [1.165, 1.54) is 0 Å². The van der Waals surface area contributed by atoms with Crippen LogP contribution in [0.15, 0.2) is 30.5 Å². The van der Waals surface area contributed by atoms with Crippen molar-refractivity contribution in [3.8, 4) is 0 Å². The van der Waals surface area contributed by atoms with Crippen molar-refractivity contribution in [3.05, 3.63) is 51.8 Å². The molecule has 6 nitrogen and oxygen atoms in total. The van der Waals surface area contributed by atoms with E-state index >= 15 is 0 Å². The molecular formula is C13H16N4O2. The standard InChI is InChI=1S/C13H16N4O2/c1-10-3-4-12(9-13(10)17(18)19)14-7-5-11-6-8-16(2)15-11/h3-4,6,8-9,14H,5,7H2,1-2H3. The molecule has 0 saturated heterocycles. The average molecular weight is 260 g/mol. The van der Waals surface area contributed by atoms with Gasteiger partial charge in [0.25, 0.3) is 5.69 Å². The van der Waals surface area contributed by atoms with Crippen molar-refractivity contribution < 1.29 is 4.92 Å². The number of nitrogens with zero attached hydrogens (tertiary/aromatic N) is 3. The quantitative estimate of drug-likeness (QED) is 0.661. The lowest BCUT2D eigenvalue weighted by Crippen LogP contribution is -2.06. The highest BCUT2D eigenvalue weighted by atomic mass is 16.6. The van der Waals surface area contributed by atoms with Crippen molar-refractivity contribution in [2.24, 2.45) is 7.05 Å². The average Bonchev–Trinajstić information content (AvgIpc) is 2.77. The van der Waals surface area contributed by atoms with Crippen LogP contribution in [-0.4, -0.2) is 21.2 Å². The summed E-state index contributed by atoms with van der Waals surface area (Å²) in [6, 6.07) is 7.12. The van der Waals surface area contributed by atoms with Crippen LogP contribution in [0, 0.1) is 17.0 Å². The molecule has 0 fully saturated rings. The minimum atomic E-state index is -0.362. The van der Waals surface area contributed by atoms with E-state index in [1.807, 2.05) is 25.4 Å². The van der Waals surface area contributed by atoms with E-state index in [1.54, 1.807) is 23.7 Å². The molecule has 0 atom stereocenters. The number of rotatable bonds is 5. The lowest BCUT2D eigenvalue weighted by molar-refractivity contribution is -0.385. The highest BCUT2D eigenvalue weighted by Gasteiger charge is 2.10. The first-order chi connectivity index (χ1) is 9.06. The SMILES string of the molecule is Cc1ccc(NCCc2ccn(C)n2)cc1[N+](=O)[O-]. The zero-order chi connectivity index (χ0) is 13.8. The first kappa shape index (κ1) is 13.1. The smallest absolute Gasteiger partial charge is 0.274 e. The Hall–Kier alpha value is -2.37. The van der Waals surface area contributed by atoms with E-state index in [0.29, 0.717) is 12.1 Å². The predicted molar refractivity (Wildman–Crippen MR) is 73.2 cm³/mol. The van der Waals surface area contributed by atoms with E-state index in [0.717, 1.165) is 17.8 Å². The van der Waals surface area contributed by atoms with Crippen molar-refractivity contribution in [1.29, 1.82) is 0 Å². The van der Waals surface area contributed by atoms with Crippen LogP contribution < -0.4 is 5.32 Å². The predicted octanol–water partition coefficient (Wildman–Crippen LogP) is 2.29. The van der Waals surface area contributed by atoms with Gasteiger partial charge in [-0.1, -0.05) is 6.07 Å². The number of aromatic nitrogens is 2. The molecule has 1 aromatic heterocycles. The summed E-state index contributed by atoms with van der Waals surface area (Å²) in [6.07, 6.45) is 2.68. The van der Waals surface area contributed by atoms with Gasteiger partial charge in [0, 0.05) is 43.5 Å². The van der Waals surface area contributed by atoms with Crippen LogP contribution in [0.3, 0.4) is 0 Å². The monoisotopic (exact) mass is 260 g/mol. The van der Waals surface area contributed by atoms with Gasteiger partial charge in [0.1, 0.15) is 0 Å². The van der Waals surface area contributed by atoms with Gasteiger partial charge in [-0.15, -0.1) is 0 Å². The molecule has 0 unspecified atom stereocenters. The Morgan fingerprint density at radius 2 is 2.21 bits per heavy atom. The molecule has 2 aromatic rings. The Morgan fingerprint density at radius 3 is 2.84 bits per heavy atom. The highest BCUT2D eigenvalue weighted by Crippen LogP contribution is 2.22. The van der Waals surface area contributed by atoms with Crippen LogP contribution in [0.1, 0.15) is 11.3 Å². The maximum Gasteiger partial charge on any atom is 0.274 e. The second-order valence-corrected chi connectivity index (χ2v) is 4.42. The van der Waals surface area contributed by atoms with Gasteiger partial charge in [-0.05, 0) is 19.1 Å². The molecule has 2 rings (SSSR count). The summed E-state index contributed by atoms with van der Waals surface area (Å²) in [5, 5.41) is 18.3. The molecule has 1 heterocycles. The summed E-state index contributed by atoms with van der Waals surface area (Å²) in [4.78, 5) is 10.5. The van der Waals surface area contributed by atoms with Crippen molar-refractivity contribution in [3.63, 3.8) is 0 Å². The molecule has 0 aliphatic rings. The first-order valence-corrected chi connectivity index (χ1v) is 6.03. The largest absolute Gasteiger partial charge is 0.384 e. The van der Waals surface area contributed by atoms with Crippen molar-refractivity contribution in [2.45, 2.75) is 13.3 Å². The van der Waals surface area contributed by atoms with Gasteiger partial charge in [-0.2, -0.15) is 5.10 Å². The van der Waals surface area contributed by atoms with Gasteiger partial charge < -0.3 is 5.32 Å². The first-order valence-electron chi connectivity index (χ1n) is 6.03. The van der Waals surface area contributed by atoms with Gasteiger partial charge in [0.2, 0.25) is 0 Å². The molecule has 0 spiro atoms. The van der Waals surface area contributed by atoms with Crippen molar-refractivity contribution >= 4 is 11.4 Å². The van der Waals surface area contributed by atoms with Crippen molar-refractivity contribution in [2.75, 3.05) is 11.9 Å². The molecule has 19 heavy (non-hydrogen) atoms. The molecular weight excluding hydrogens is 244 g/mol. The second kappa shape index (κ2) is 5.51. The fraction of sp³-hybridized carbons (Fsp3) is 0.308. The summed E-state index contributed by atoms with van der Waals surface area (Å²) >= 11 is 0. The second-order valence-electron chi connectivity index (χ2n) is 4.42. The number of nitrogens with one attached hydrogen (secondary N) is 1. The summed E-state index contributed by atoms with van der Waals surface area (Å²) in [5.41, 5.74) is 2.56. The van der Waals surface area contributed by atoms with Gasteiger partial charge in [-0.25, -0.2) is 0 Å². The maximum absolute atomic E-state index is 10.8. The van der Waals surface area contributed by atoms with Gasteiger partial charge >= 0.3 is 0 Å². The zero-order valence-electron chi connectivity index (χ0n) is 11.0. The molecule has 6 heteroatoms. The number of hydrogen-bond donors (Lipinski definition) is 1. The normalized spacial score (nSPS) is 10.4. The van der Waals surface area contributed by atoms with E-state index in [4.69, 9.17) is 0 Å². The number of hydrogen-bond acceptors (Lipinski definition) is 4. The molecule has 0 bridgehead atoms. The van der Waals surface area contributed by atoms with Gasteiger partial charge in [0.05, 0.1) is 10.6 Å². The molecule has 1 aromatic carbocycles. The summed E-state index contributed by atoms with van der Waals surface area (Å²) in [7, 11) is 1.88. The van der Waals surface area contributed by atoms with Crippen molar-refractivity contribution in [1.82, 2.24) is 9.78 Å². The van der Waals surface area contributed by atoms with Crippen LogP contribution in [-0.2, 0) is 13.5 Å². The Morgan fingerprint density at radius 1 is 1.42 bits per heavy atom. The third-order valence-electron chi connectivity index (χ3n) is 2.88. The van der Waals surface area contributed by atoms with Crippen LogP contribution in [0.25, 0.3) is 0 Å². The van der Waals surface area contributed by atoms with Crippen LogP contribution in [0.4, 0.5) is 11.4 Å². The molecule has 0 aliphatic carbocycles. The topological polar surface area (TPSA) is 73.0 Å². The number of benzene rings is 1. The molecule has 0 radical (unpaired) electrons. The highest BCUT2D eigenvalue weighted by molar-refractivity contribution is 5.54. The van der Waals surface area contributed by atoms with Gasteiger partial charge in [0.15, 0.2) is 0 Å². The van der Waals surface area contributed by atoms with Gasteiger partial charge in [-0.3, -0.25) is 14.8 Å². The van der Waals surface area contributed by atoms with E-state index < -0.39 is 0 Å². The number of anilines is 1. The van der Waals surface area contributed by atoms with E-state index in [2.05, 4.69) is 10.4 Å². The lowest BCUT2D eigenvalue weighted by Gasteiger charge is -2.06. The third kappa shape index (κ3) is 3.31. The maximum atomic E-state index is 10.8. The molecule has 1 N–H and O–H groups in total. The minimum absolute atomic E-state index is 0.142. The van der Waals surface area contributed by atoms with Crippen LogP contribution in [0.2, 0.25) is 0 Å². The minimum Gasteiger partial charge on any atom is -0.384 e. The summed E-state index contributed by atoms with van der Waals surface area (Å²) < 4.78 is 1.76. The summed E-state index contributed by atoms with van der Waals surface area (Å²) in [6.45, 7) is 2.42. The zero-order valence-corrected chi connectivity index (χ0v) is 11.0. The molecule has 0 aliphatic heterocycles. The molecule has 0 amide bonds. The lowest BCUT2D eigenvalue weighted by atomic mass is 10.2. The Balaban J connectivity index is 1.96.